The van der Waals surface area contributed by atoms with Crippen molar-refractivity contribution in [1.82, 2.24) is 14.1 Å². The fourth-order valence-corrected chi connectivity index (χ4v) is 7.69. The van der Waals surface area contributed by atoms with Crippen LogP contribution in [0.15, 0.2) is 53.4 Å². The minimum atomic E-state index is -4.04. The second kappa shape index (κ2) is 11.5. The maximum atomic E-state index is 14.9. The van der Waals surface area contributed by atoms with Crippen LogP contribution in [0.3, 0.4) is 0 Å². The van der Waals surface area contributed by atoms with Crippen molar-refractivity contribution < 1.29 is 22.3 Å². The number of piperazine rings is 1. The molecule has 5 rings (SSSR count). The number of hydrogen-bond acceptors (Lipinski definition) is 5. The number of hydrogen-bond donors (Lipinski definition) is 0. The number of benzene rings is 2. The van der Waals surface area contributed by atoms with Crippen LogP contribution >= 0.6 is 11.6 Å². The first-order valence-corrected chi connectivity index (χ1v) is 15.2. The molecule has 1 saturated carbocycles. The van der Waals surface area contributed by atoms with Crippen molar-refractivity contribution in [2.24, 2.45) is 5.92 Å². The lowest BCUT2D eigenvalue weighted by atomic mass is 9.93. The molecule has 38 heavy (non-hydrogen) atoms. The molecular weight excluding hydrogens is 529 g/mol. The second-order valence-corrected chi connectivity index (χ2v) is 13.0. The maximum Gasteiger partial charge on any atom is 0.410 e. The van der Waals surface area contributed by atoms with Crippen molar-refractivity contribution in [2.45, 2.75) is 62.0 Å². The summed E-state index contributed by atoms with van der Waals surface area (Å²) in [5.74, 6) is 0.340. The van der Waals surface area contributed by atoms with E-state index >= 15 is 0 Å². The summed E-state index contributed by atoms with van der Waals surface area (Å²) >= 11 is 6.01. The van der Waals surface area contributed by atoms with E-state index in [2.05, 4.69) is 4.90 Å². The van der Waals surface area contributed by atoms with Gasteiger partial charge in [-0.15, -0.1) is 0 Å². The molecule has 0 bridgehead atoms. The number of ether oxygens (including phenoxy) is 1. The van der Waals surface area contributed by atoms with Crippen LogP contribution < -0.4 is 0 Å². The highest BCUT2D eigenvalue weighted by Crippen LogP contribution is 2.40. The summed E-state index contributed by atoms with van der Waals surface area (Å²) in [5.41, 5.74) is 0.321. The molecule has 2 saturated heterocycles. The van der Waals surface area contributed by atoms with Crippen molar-refractivity contribution >= 4 is 27.7 Å². The minimum absolute atomic E-state index is 0.0152. The van der Waals surface area contributed by atoms with E-state index in [-0.39, 0.29) is 17.5 Å². The highest BCUT2D eigenvalue weighted by molar-refractivity contribution is 7.89. The first-order valence-electron chi connectivity index (χ1n) is 13.4. The maximum absolute atomic E-state index is 14.9. The Morgan fingerprint density at radius 3 is 2.47 bits per heavy atom. The van der Waals surface area contributed by atoms with Crippen LogP contribution in [0.25, 0.3) is 0 Å². The van der Waals surface area contributed by atoms with Gasteiger partial charge in [0.25, 0.3) is 0 Å². The van der Waals surface area contributed by atoms with Crippen LogP contribution in [0.2, 0.25) is 5.02 Å². The quantitative estimate of drug-likeness (QED) is 0.456. The van der Waals surface area contributed by atoms with E-state index in [0.717, 1.165) is 25.6 Å². The first kappa shape index (κ1) is 27.4. The van der Waals surface area contributed by atoms with Gasteiger partial charge in [0, 0.05) is 42.8 Å². The normalized spacial score (nSPS) is 25.3. The monoisotopic (exact) mass is 563 g/mol. The van der Waals surface area contributed by atoms with Gasteiger partial charge in [0.2, 0.25) is 10.0 Å². The van der Waals surface area contributed by atoms with Crippen LogP contribution in [-0.2, 0) is 14.8 Å². The Morgan fingerprint density at radius 2 is 1.79 bits per heavy atom. The molecule has 0 spiro atoms. The van der Waals surface area contributed by atoms with Crippen molar-refractivity contribution in [3.63, 3.8) is 0 Å². The fourth-order valence-electron chi connectivity index (χ4n) is 5.73. The highest BCUT2D eigenvalue weighted by Gasteiger charge is 2.42. The van der Waals surface area contributed by atoms with Gasteiger partial charge < -0.3 is 9.64 Å². The summed E-state index contributed by atoms with van der Waals surface area (Å²) in [6.07, 6.45) is 3.82. The third-order valence-corrected chi connectivity index (χ3v) is 10.1. The number of nitrogens with zero attached hydrogens (tertiary/aromatic N) is 3. The van der Waals surface area contributed by atoms with Gasteiger partial charge in [0.05, 0.1) is 17.0 Å². The summed E-state index contributed by atoms with van der Waals surface area (Å²) in [6.45, 7) is 5.22. The number of rotatable bonds is 7. The molecule has 10 heteroatoms. The summed E-state index contributed by atoms with van der Waals surface area (Å²) in [4.78, 5) is 17.3. The van der Waals surface area contributed by atoms with E-state index in [9.17, 15) is 17.6 Å². The Balaban J connectivity index is 1.34. The standard InChI is InChI=1S/C28H35ClFN3O4S/c1-20-17-31(18-21-9-10-21)15-16-32(20)28(34)37-19-23-5-4-8-27(25-6-2-3-7-26(25)30)33(23)38(35,36)24-13-11-22(29)12-14-24/h2-3,6-7,11-14,20-21,23,27H,4-5,8-10,15-19H2,1H3/t20?,23-,27+/m1/s1. The van der Waals surface area contributed by atoms with Crippen molar-refractivity contribution in [2.75, 3.05) is 32.8 Å². The van der Waals surface area contributed by atoms with Crippen LogP contribution in [0.4, 0.5) is 9.18 Å². The summed E-state index contributed by atoms with van der Waals surface area (Å²) < 4.78 is 49.9. The third kappa shape index (κ3) is 6.01. The van der Waals surface area contributed by atoms with E-state index in [1.165, 1.54) is 47.5 Å². The van der Waals surface area contributed by atoms with Gasteiger partial charge in [0.15, 0.2) is 0 Å². The van der Waals surface area contributed by atoms with Gasteiger partial charge >= 0.3 is 6.09 Å². The van der Waals surface area contributed by atoms with Crippen LogP contribution in [0.1, 0.15) is 50.6 Å². The molecule has 2 aromatic rings. The van der Waals surface area contributed by atoms with E-state index in [1.807, 2.05) is 6.92 Å². The van der Waals surface area contributed by atoms with Gasteiger partial charge in [-0.1, -0.05) is 29.8 Å². The number of amides is 1. The third-order valence-electron chi connectivity index (χ3n) is 7.89. The zero-order valence-corrected chi connectivity index (χ0v) is 23.2. The van der Waals surface area contributed by atoms with Gasteiger partial charge in [-0.3, -0.25) is 4.90 Å². The first-order chi connectivity index (χ1) is 18.2. The van der Waals surface area contributed by atoms with Crippen LogP contribution in [0.5, 0.6) is 0 Å². The summed E-state index contributed by atoms with van der Waals surface area (Å²) in [7, 11) is -4.04. The van der Waals surface area contributed by atoms with Crippen LogP contribution in [-0.4, -0.2) is 73.5 Å². The molecular formula is C28H35ClFN3O4S. The SMILES string of the molecule is CC1CN(CC2CC2)CCN1C(=O)OC[C@H]1CCC[C@@H](c2ccccc2F)N1S(=O)(=O)c1ccc(Cl)cc1. The van der Waals surface area contributed by atoms with E-state index < -0.39 is 34.0 Å². The number of sulfonamides is 1. The molecule has 1 amide bonds. The minimum Gasteiger partial charge on any atom is -0.448 e. The second-order valence-electron chi connectivity index (χ2n) is 10.7. The van der Waals surface area contributed by atoms with Gasteiger partial charge in [-0.2, -0.15) is 4.31 Å². The lowest BCUT2D eigenvalue weighted by Crippen LogP contribution is -2.55. The molecule has 7 nitrogen and oxygen atoms in total. The lowest BCUT2D eigenvalue weighted by molar-refractivity contribution is 0.0315. The number of carbonyl (C=O) groups is 1. The average molecular weight is 564 g/mol. The summed E-state index contributed by atoms with van der Waals surface area (Å²) in [6, 6.07) is 10.9. The zero-order chi connectivity index (χ0) is 26.9. The van der Waals surface area contributed by atoms with E-state index in [1.54, 1.807) is 23.1 Å². The highest BCUT2D eigenvalue weighted by atomic mass is 35.5. The molecule has 1 aliphatic carbocycles. The predicted octanol–water partition coefficient (Wildman–Crippen LogP) is 5.32. The Bertz CT molecular complexity index is 1240. The van der Waals surface area contributed by atoms with E-state index in [0.29, 0.717) is 36.4 Å². The summed E-state index contributed by atoms with van der Waals surface area (Å²) in [5, 5.41) is 0.421. The smallest absolute Gasteiger partial charge is 0.410 e. The van der Waals surface area contributed by atoms with Crippen molar-refractivity contribution in [3.8, 4) is 0 Å². The van der Waals surface area contributed by atoms with Gasteiger partial charge in [-0.25, -0.2) is 17.6 Å². The van der Waals surface area contributed by atoms with E-state index in [4.69, 9.17) is 16.3 Å². The molecule has 0 radical (unpaired) electrons. The molecule has 206 valence electrons. The van der Waals surface area contributed by atoms with Crippen LogP contribution in [0, 0.1) is 11.7 Å². The van der Waals surface area contributed by atoms with Gasteiger partial charge in [-0.05, 0) is 75.3 Å². The van der Waals surface area contributed by atoms with Gasteiger partial charge in [0.1, 0.15) is 12.4 Å². The topological polar surface area (TPSA) is 70.2 Å². The number of piperidine rings is 1. The molecule has 3 fully saturated rings. The molecule has 3 aliphatic rings. The Kier molecular flexibility index (Phi) is 8.28. The lowest BCUT2D eigenvalue weighted by Gasteiger charge is -2.42. The van der Waals surface area contributed by atoms with Crippen molar-refractivity contribution in [1.29, 1.82) is 0 Å². The zero-order valence-electron chi connectivity index (χ0n) is 21.6. The largest absolute Gasteiger partial charge is 0.448 e. The predicted molar refractivity (Wildman–Crippen MR) is 144 cm³/mol. The molecule has 2 aliphatic heterocycles. The fraction of sp³-hybridized carbons (Fsp3) is 0.536. The number of halogens is 2. The molecule has 2 heterocycles. The number of carbonyl (C=O) groups excluding carboxylic acids is 1. The molecule has 2 aromatic carbocycles. The Labute approximate surface area is 229 Å². The molecule has 0 N–H and O–H groups in total. The average Bonchev–Trinajstić information content (AvgIpc) is 3.71. The molecule has 0 aromatic heterocycles. The van der Waals surface area contributed by atoms with Crippen molar-refractivity contribution in [3.05, 3.63) is 64.9 Å². The Hall–Kier alpha value is -2.20. The molecule has 1 unspecified atom stereocenters. The molecule has 3 atom stereocenters. The Morgan fingerprint density at radius 1 is 1.05 bits per heavy atom.